The van der Waals surface area contributed by atoms with Crippen LogP contribution in [0.25, 0.3) is 5.57 Å². The lowest BCUT2D eigenvalue weighted by molar-refractivity contribution is 0.176. The minimum Gasteiger partial charge on any atom is -0.444 e. The van der Waals surface area contributed by atoms with Crippen molar-refractivity contribution in [3.63, 3.8) is 0 Å². The van der Waals surface area contributed by atoms with Crippen molar-refractivity contribution in [3.8, 4) is 0 Å². The maximum atomic E-state index is 11.7. The summed E-state index contributed by atoms with van der Waals surface area (Å²) in [6, 6.07) is 17.5. The Morgan fingerprint density at radius 2 is 1.80 bits per heavy atom. The Hall–Kier alpha value is -2.55. The van der Waals surface area contributed by atoms with E-state index in [2.05, 4.69) is 23.5 Å². The Bertz CT molecular complexity index is 647. The van der Waals surface area contributed by atoms with E-state index in [4.69, 9.17) is 4.74 Å². The number of carbonyl (C=O) groups excluding carboxylic acids is 1. The zero-order valence-electron chi connectivity index (χ0n) is 11.0. The van der Waals surface area contributed by atoms with Crippen LogP contribution in [0.15, 0.2) is 60.7 Å². The van der Waals surface area contributed by atoms with E-state index < -0.39 is 6.09 Å². The number of para-hydroxylation sites is 1. The first-order valence-electron chi connectivity index (χ1n) is 6.59. The van der Waals surface area contributed by atoms with Gasteiger partial charge in [-0.25, -0.2) is 4.79 Å². The van der Waals surface area contributed by atoms with Gasteiger partial charge in [0.1, 0.15) is 6.61 Å². The fourth-order valence-corrected chi connectivity index (χ4v) is 2.31. The van der Waals surface area contributed by atoms with Crippen molar-refractivity contribution in [1.29, 1.82) is 0 Å². The van der Waals surface area contributed by atoms with Crippen molar-refractivity contribution in [2.75, 3.05) is 11.9 Å². The molecule has 0 saturated heterocycles. The highest BCUT2D eigenvalue weighted by Crippen LogP contribution is 2.27. The summed E-state index contributed by atoms with van der Waals surface area (Å²) in [6.45, 7) is 0.301. The fourth-order valence-electron chi connectivity index (χ4n) is 2.31. The molecule has 1 amide bonds. The number of ether oxygens (including phenoxy) is 1. The SMILES string of the molecule is O=C(Nc1ccccc1)OCC1=CCc2ccccc21. The monoisotopic (exact) mass is 265 g/mol. The van der Waals surface area contributed by atoms with E-state index in [0.717, 1.165) is 17.7 Å². The lowest BCUT2D eigenvalue weighted by Gasteiger charge is -2.08. The van der Waals surface area contributed by atoms with Crippen LogP contribution in [0.1, 0.15) is 11.1 Å². The number of hydrogen-bond donors (Lipinski definition) is 1. The third kappa shape index (κ3) is 2.72. The molecule has 0 radical (unpaired) electrons. The zero-order valence-corrected chi connectivity index (χ0v) is 11.0. The molecule has 0 aromatic heterocycles. The van der Waals surface area contributed by atoms with Crippen LogP contribution in [0.2, 0.25) is 0 Å². The summed E-state index contributed by atoms with van der Waals surface area (Å²) >= 11 is 0. The van der Waals surface area contributed by atoms with E-state index in [0.29, 0.717) is 6.61 Å². The topological polar surface area (TPSA) is 38.3 Å². The molecule has 0 fully saturated rings. The van der Waals surface area contributed by atoms with Crippen LogP contribution in [0.3, 0.4) is 0 Å². The average molecular weight is 265 g/mol. The number of amides is 1. The Morgan fingerprint density at radius 3 is 2.65 bits per heavy atom. The predicted molar refractivity (Wildman–Crippen MR) is 79.5 cm³/mol. The van der Waals surface area contributed by atoms with Gasteiger partial charge in [-0.2, -0.15) is 0 Å². The van der Waals surface area contributed by atoms with Gasteiger partial charge in [-0.05, 0) is 35.3 Å². The molecule has 2 aromatic carbocycles. The number of rotatable bonds is 3. The van der Waals surface area contributed by atoms with E-state index in [1.54, 1.807) is 0 Å². The van der Waals surface area contributed by atoms with Crippen LogP contribution in [0.4, 0.5) is 10.5 Å². The number of fused-ring (bicyclic) bond motifs is 1. The van der Waals surface area contributed by atoms with Crippen LogP contribution in [-0.2, 0) is 11.2 Å². The normalized spacial score (nSPS) is 12.5. The lowest BCUT2D eigenvalue weighted by Crippen LogP contribution is -2.14. The molecule has 3 heteroatoms. The third-order valence-electron chi connectivity index (χ3n) is 3.31. The largest absolute Gasteiger partial charge is 0.444 e. The van der Waals surface area contributed by atoms with Crippen molar-refractivity contribution < 1.29 is 9.53 Å². The van der Waals surface area contributed by atoms with Gasteiger partial charge in [0.15, 0.2) is 0 Å². The van der Waals surface area contributed by atoms with Gasteiger partial charge in [-0.1, -0.05) is 48.5 Å². The summed E-state index contributed by atoms with van der Waals surface area (Å²) in [5.74, 6) is 0. The zero-order chi connectivity index (χ0) is 13.8. The Morgan fingerprint density at radius 1 is 1.05 bits per heavy atom. The minimum absolute atomic E-state index is 0.301. The molecule has 0 bridgehead atoms. The van der Waals surface area contributed by atoms with Gasteiger partial charge in [0.2, 0.25) is 0 Å². The van der Waals surface area contributed by atoms with Crippen LogP contribution >= 0.6 is 0 Å². The second kappa shape index (κ2) is 5.61. The molecule has 1 aliphatic carbocycles. The molecule has 2 aromatic rings. The maximum Gasteiger partial charge on any atom is 0.411 e. The molecule has 3 rings (SSSR count). The second-order valence-corrected chi connectivity index (χ2v) is 4.66. The maximum absolute atomic E-state index is 11.7. The summed E-state index contributed by atoms with van der Waals surface area (Å²) in [5.41, 5.74) is 4.27. The van der Waals surface area contributed by atoms with Crippen molar-refractivity contribution >= 4 is 17.4 Å². The lowest BCUT2D eigenvalue weighted by atomic mass is 10.1. The van der Waals surface area contributed by atoms with Crippen molar-refractivity contribution in [3.05, 3.63) is 71.8 Å². The summed E-state index contributed by atoms with van der Waals surface area (Å²) in [6.07, 6.45) is 2.59. The first-order valence-corrected chi connectivity index (χ1v) is 6.59. The highest BCUT2D eigenvalue weighted by Gasteiger charge is 2.14. The number of benzene rings is 2. The minimum atomic E-state index is -0.429. The van der Waals surface area contributed by atoms with Gasteiger partial charge in [0.25, 0.3) is 0 Å². The van der Waals surface area contributed by atoms with E-state index in [-0.39, 0.29) is 0 Å². The molecule has 1 aliphatic rings. The van der Waals surface area contributed by atoms with Crippen molar-refractivity contribution in [2.24, 2.45) is 0 Å². The summed E-state index contributed by atoms with van der Waals surface area (Å²) < 4.78 is 5.27. The molecule has 0 aliphatic heterocycles. The van der Waals surface area contributed by atoms with Gasteiger partial charge in [-0.3, -0.25) is 5.32 Å². The molecule has 0 heterocycles. The number of anilines is 1. The standard InChI is InChI=1S/C17H15NO2/c19-17(18-15-7-2-1-3-8-15)20-12-14-11-10-13-6-4-5-9-16(13)14/h1-9,11H,10,12H2,(H,18,19). The van der Waals surface area contributed by atoms with Gasteiger partial charge < -0.3 is 4.74 Å². The van der Waals surface area contributed by atoms with E-state index in [1.807, 2.05) is 42.5 Å². The molecule has 1 N–H and O–H groups in total. The Kier molecular flexibility index (Phi) is 3.50. The van der Waals surface area contributed by atoms with E-state index in [1.165, 1.54) is 11.1 Å². The Balaban J connectivity index is 1.57. The summed E-state index contributed by atoms with van der Waals surface area (Å²) in [5, 5.41) is 2.70. The van der Waals surface area contributed by atoms with Crippen LogP contribution in [-0.4, -0.2) is 12.7 Å². The fraction of sp³-hybridized carbons (Fsp3) is 0.118. The number of carbonyl (C=O) groups is 1. The molecule has 20 heavy (non-hydrogen) atoms. The quantitative estimate of drug-likeness (QED) is 0.914. The molecule has 0 spiro atoms. The third-order valence-corrected chi connectivity index (χ3v) is 3.31. The number of allylic oxidation sites excluding steroid dienone is 1. The number of nitrogens with one attached hydrogen (secondary N) is 1. The molecule has 100 valence electrons. The smallest absolute Gasteiger partial charge is 0.411 e. The first-order chi connectivity index (χ1) is 9.83. The molecular formula is C17H15NO2. The van der Waals surface area contributed by atoms with Gasteiger partial charge in [0.05, 0.1) is 0 Å². The molecule has 0 saturated carbocycles. The second-order valence-electron chi connectivity index (χ2n) is 4.66. The van der Waals surface area contributed by atoms with Crippen LogP contribution < -0.4 is 5.32 Å². The molecular weight excluding hydrogens is 250 g/mol. The van der Waals surface area contributed by atoms with Crippen LogP contribution in [0, 0.1) is 0 Å². The molecule has 0 unspecified atom stereocenters. The summed E-state index contributed by atoms with van der Waals surface area (Å²) in [7, 11) is 0. The first kappa shape index (κ1) is 12.5. The van der Waals surface area contributed by atoms with E-state index >= 15 is 0 Å². The highest BCUT2D eigenvalue weighted by molar-refractivity contribution is 5.85. The number of hydrogen-bond acceptors (Lipinski definition) is 2. The average Bonchev–Trinajstić information content (AvgIpc) is 2.89. The van der Waals surface area contributed by atoms with Gasteiger partial charge >= 0.3 is 6.09 Å². The van der Waals surface area contributed by atoms with Crippen LogP contribution in [0.5, 0.6) is 0 Å². The predicted octanol–water partition coefficient (Wildman–Crippen LogP) is 3.87. The summed E-state index contributed by atoms with van der Waals surface area (Å²) in [4.78, 5) is 11.7. The molecule has 3 nitrogen and oxygen atoms in total. The van der Waals surface area contributed by atoms with Crippen molar-refractivity contribution in [1.82, 2.24) is 0 Å². The van der Waals surface area contributed by atoms with Crippen molar-refractivity contribution in [2.45, 2.75) is 6.42 Å². The van der Waals surface area contributed by atoms with Gasteiger partial charge in [0, 0.05) is 5.69 Å². The van der Waals surface area contributed by atoms with E-state index in [9.17, 15) is 4.79 Å². The Labute approximate surface area is 117 Å². The van der Waals surface area contributed by atoms with Gasteiger partial charge in [-0.15, -0.1) is 0 Å². The highest BCUT2D eigenvalue weighted by atomic mass is 16.5. The molecule has 0 atom stereocenters.